The molecule has 6 fully saturated rings. The average molecular weight is 1120 g/mol. The van der Waals surface area contributed by atoms with Gasteiger partial charge < -0.3 is 44.2 Å². The van der Waals surface area contributed by atoms with E-state index in [0.29, 0.717) is 74.0 Å². The summed E-state index contributed by atoms with van der Waals surface area (Å²) in [5.74, 6) is 0.648. The minimum Gasteiger partial charge on any atom is -0.491 e. The highest BCUT2D eigenvalue weighted by atomic mass is 32.2. The molecule has 12 rings (SSSR count). The standard InChI is InChI=1S/C60H77N9O10S/c1-38(2)78-54-8-6-5-7-46(54)53-36-65(42-16-26-76-27-17-42)24-25-67(53)44-33-60(34-44)21-23-66(39(3)32-60)43-9-11-47(50(30-43)68-49-18-28-77-37-55(49)79-58-52(68)29-41-15-22-61-56(41)63-58)57(70)64-80(74,75)45-10-12-48(51(31-45)69(72)73)62-35-40-13-19-59(4,71)20-14-40/h5-12,15,22,29-31,38-40,42,44,49,53,55,62,71H,13-14,16-21,23-28,32-37H2,1-4H3,(H,61,63)(H,64,70)/t39-,40-,44?,49-,53-,55-,59-,60?/m0/s1. The number of nitrogens with one attached hydrogen (secondary N) is 3. The molecule has 1 amide bonds. The van der Waals surface area contributed by atoms with Crippen molar-refractivity contribution in [2.75, 3.05) is 74.3 Å². The van der Waals surface area contributed by atoms with E-state index in [1.165, 1.54) is 17.7 Å². The number of hydrogen-bond donors (Lipinski definition) is 4. The number of aromatic nitrogens is 2. The molecule has 80 heavy (non-hydrogen) atoms. The van der Waals surface area contributed by atoms with Crippen LogP contribution in [0.15, 0.2) is 83.9 Å². The van der Waals surface area contributed by atoms with E-state index in [1.807, 2.05) is 37.4 Å². The van der Waals surface area contributed by atoms with Crippen LogP contribution in [-0.2, 0) is 19.5 Å². The number of carbonyl (C=O) groups excluding carboxylic acids is 1. The second-order valence-corrected chi connectivity index (χ2v) is 26.1. The Bertz CT molecular complexity index is 3200. The van der Waals surface area contributed by atoms with Gasteiger partial charge in [0.2, 0.25) is 5.88 Å². The third-order valence-electron chi connectivity index (χ3n) is 18.6. The number of para-hydroxylation sites is 1. The maximum absolute atomic E-state index is 14.9. The largest absolute Gasteiger partial charge is 0.491 e. The lowest BCUT2D eigenvalue weighted by Gasteiger charge is -2.60. The molecule has 2 aromatic heterocycles. The third-order valence-corrected chi connectivity index (χ3v) is 20.0. The molecule has 0 unspecified atom stereocenters. The predicted octanol–water partition coefficient (Wildman–Crippen LogP) is 9.09. The van der Waals surface area contributed by atoms with Crippen molar-refractivity contribution < 1.29 is 42.2 Å². The number of nitro groups is 1. The summed E-state index contributed by atoms with van der Waals surface area (Å²) >= 11 is 0. The van der Waals surface area contributed by atoms with Crippen molar-refractivity contribution in [1.29, 1.82) is 0 Å². The zero-order chi connectivity index (χ0) is 55.5. The van der Waals surface area contributed by atoms with E-state index in [1.54, 1.807) is 6.07 Å². The van der Waals surface area contributed by atoms with Crippen LogP contribution in [0.1, 0.15) is 120 Å². The van der Waals surface area contributed by atoms with E-state index in [2.05, 4.69) is 79.7 Å². The summed E-state index contributed by atoms with van der Waals surface area (Å²) in [7, 11) is -4.64. The fourth-order valence-electron chi connectivity index (χ4n) is 14.4. The first-order valence-electron chi connectivity index (χ1n) is 29.1. The Kier molecular flexibility index (Phi) is 15.0. The number of anilines is 4. The van der Waals surface area contributed by atoms with Crippen molar-refractivity contribution in [3.63, 3.8) is 0 Å². The lowest BCUT2D eigenvalue weighted by molar-refractivity contribution is -0.384. The van der Waals surface area contributed by atoms with Gasteiger partial charge >= 0.3 is 0 Å². The molecule has 7 heterocycles. The van der Waals surface area contributed by atoms with Gasteiger partial charge in [-0.15, -0.1) is 0 Å². The van der Waals surface area contributed by atoms with Gasteiger partial charge in [-0.25, -0.2) is 13.1 Å². The molecule has 19 nitrogen and oxygen atoms in total. The number of ether oxygens (including phenoxy) is 4. The van der Waals surface area contributed by atoms with Crippen LogP contribution in [0.3, 0.4) is 0 Å². The normalized spacial score (nSPS) is 28.7. The number of benzene rings is 3. The summed E-state index contributed by atoms with van der Waals surface area (Å²) in [5, 5.41) is 26.9. The number of H-pyrrole nitrogens is 1. The van der Waals surface area contributed by atoms with Gasteiger partial charge in [-0.2, -0.15) is 4.98 Å². The lowest BCUT2D eigenvalue weighted by atomic mass is 9.58. The van der Waals surface area contributed by atoms with Crippen LogP contribution in [0.25, 0.3) is 11.0 Å². The smallest absolute Gasteiger partial charge is 0.293 e. The topological polar surface area (TPSA) is 217 Å². The molecule has 20 heteroatoms. The fraction of sp³-hybridized carbons (Fsp3) is 0.567. The van der Waals surface area contributed by atoms with Crippen molar-refractivity contribution in [1.82, 2.24) is 24.5 Å². The molecule has 4 N–H and O–H groups in total. The number of nitrogens with zero attached hydrogens (tertiary/aromatic N) is 6. The molecular weight excluding hydrogens is 1040 g/mol. The fourth-order valence-corrected chi connectivity index (χ4v) is 15.4. The minimum atomic E-state index is -4.64. The van der Waals surface area contributed by atoms with Gasteiger partial charge in [0, 0.05) is 99.6 Å². The van der Waals surface area contributed by atoms with Crippen molar-refractivity contribution in [2.45, 2.75) is 151 Å². The molecule has 2 aliphatic carbocycles. The molecule has 5 aliphatic heterocycles. The zero-order valence-electron chi connectivity index (χ0n) is 46.5. The number of piperidine rings is 1. The van der Waals surface area contributed by atoms with E-state index >= 15 is 0 Å². The molecule has 7 aliphatic rings. The lowest BCUT2D eigenvalue weighted by Crippen LogP contribution is -2.62. The summed E-state index contributed by atoms with van der Waals surface area (Å²) in [6, 6.07) is 22.9. The first kappa shape index (κ1) is 54.6. The number of sulfonamides is 1. The Morgan fingerprint density at radius 2 is 1.71 bits per heavy atom. The second-order valence-electron chi connectivity index (χ2n) is 24.4. The SMILES string of the molecule is CC(C)Oc1ccccc1[C@@H]1CN(C2CCOCC2)CCN1C1CC2(CCN(c3ccc(C(=O)NS(=O)(=O)c4ccc(NC[C@H]5CC[C@](C)(O)CC5)c([N+](=O)[O-])c4)c(N4c5cc6cc[nH]c6nc5O[C@H]5COCC[C@@H]54)c3)[C@@H](C)C2)C1. The monoisotopic (exact) mass is 1120 g/mol. The molecule has 3 aromatic carbocycles. The summed E-state index contributed by atoms with van der Waals surface area (Å²) in [6.45, 7) is 14.9. The van der Waals surface area contributed by atoms with Crippen molar-refractivity contribution in [3.8, 4) is 11.6 Å². The van der Waals surface area contributed by atoms with Crippen LogP contribution in [0, 0.1) is 21.4 Å². The second kappa shape index (κ2) is 22.0. The van der Waals surface area contributed by atoms with E-state index in [9.17, 15) is 28.4 Å². The molecule has 5 aromatic rings. The molecule has 0 radical (unpaired) electrons. The van der Waals surface area contributed by atoms with Gasteiger partial charge in [-0.1, -0.05) is 18.2 Å². The first-order valence-corrected chi connectivity index (χ1v) is 30.6. The molecule has 4 atom stereocenters. The van der Waals surface area contributed by atoms with Crippen molar-refractivity contribution in [3.05, 3.63) is 100 Å². The molecule has 2 saturated carbocycles. The number of rotatable bonds is 14. The maximum atomic E-state index is 14.9. The highest BCUT2D eigenvalue weighted by molar-refractivity contribution is 7.90. The summed E-state index contributed by atoms with van der Waals surface area (Å²) in [6.07, 6.45) is 11.2. The molecule has 4 saturated heterocycles. The van der Waals surface area contributed by atoms with Gasteiger partial charge in [0.15, 0.2) is 0 Å². The Morgan fingerprint density at radius 3 is 2.49 bits per heavy atom. The minimum absolute atomic E-state index is 0.0683. The average Bonchev–Trinajstić information content (AvgIpc) is 3.93. The number of hydrogen-bond acceptors (Lipinski definition) is 16. The van der Waals surface area contributed by atoms with Crippen molar-refractivity contribution in [2.24, 2.45) is 11.3 Å². The first-order chi connectivity index (χ1) is 38.5. The number of aromatic amines is 1. The Hall–Kier alpha value is -6.03. The van der Waals surface area contributed by atoms with Crippen LogP contribution in [-0.4, -0.2) is 145 Å². The molecule has 0 bridgehead atoms. The molecular formula is C60H77N9O10S. The zero-order valence-corrected chi connectivity index (χ0v) is 47.3. The number of aliphatic hydroxyl groups is 1. The Morgan fingerprint density at radius 1 is 0.925 bits per heavy atom. The number of pyridine rings is 1. The van der Waals surface area contributed by atoms with Crippen LogP contribution in [0.2, 0.25) is 0 Å². The molecule has 1 spiro atoms. The van der Waals surface area contributed by atoms with Gasteiger partial charge in [-0.05, 0) is 158 Å². The van der Waals surface area contributed by atoms with Crippen LogP contribution in [0.4, 0.5) is 28.4 Å². The quantitative estimate of drug-likeness (QED) is 0.0602. The van der Waals surface area contributed by atoms with E-state index in [4.69, 9.17) is 23.9 Å². The van der Waals surface area contributed by atoms with Crippen LogP contribution >= 0.6 is 0 Å². The van der Waals surface area contributed by atoms with Crippen molar-refractivity contribution >= 4 is 55.4 Å². The number of carbonyl (C=O) groups is 1. The maximum Gasteiger partial charge on any atom is 0.293 e. The van der Waals surface area contributed by atoms with E-state index in [0.717, 1.165) is 114 Å². The number of nitro benzene ring substituents is 1. The van der Waals surface area contributed by atoms with Crippen LogP contribution in [0.5, 0.6) is 11.6 Å². The summed E-state index contributed by atoms with van der Waals surface area (Å²) in [4.78, 5) is 44.4. The predicted molar refractivity (Wildman–Crippen MR) is 306 cm³/mol. The summed E-state index contributed by atoms with van der Waals surface area (Å²) in [5.41, 5.74) is 3.28. The van der Waals surface area contributed by atoms with Gasteiger partial charge in [0.25, 0.3) is 21.6 Å². The third kappa shape index (κ3) is 10.9. The Labute approximate surface area is 468 Å². The van der Waals surface area contributed by atoms with Gasteiger partial charge in [-0.3, -0.25) is 24.7 Å². The van der Waals surface area contributed by atoms with Gasteiger partial charge in [0.1, 0.15) is 28.9 Å². The number of piperazine rings is 1. The summed E-state index contributed by atoms with van der Waals surface area (Å²) < 4.78 is 55.7. The van der Waals surface area contributed by atoms with Gasteiger partial charge in [0.05, 0.1) is 51.5 Å². The highest BCUT2D eigenvalue weighted by Crippen LogP contribution is 2.55. The van der Waals surface area contributed by atoms with E-state index in [-0.39, 0.29) is 46.8 Å². The van der Waals surface area contributed by atoms with Crippen LogP contribution < -0.4 is 29.3 Å². The number of fused-ring (bicyclic) bond motifs is 3. The Balaban J connectivity index is 0.816. The molecule has 428 valence electrons. The highest BCUT2D eigenvalue weighted by Gasteiger charge is 2.52. The van der Waals surface area contributed by atoms with E-state index < -0.39 is 43.1 Å². The number of amides is 1.